The molecule has 0 unspecified atom stereocenters. The van der Waals surface area contributed by atoms with Gasteiger partial charge in [0, 0.05) is 11.6 Å². The first-order valence-electron chi connectivity index (χ1n) is 6.66. The first kappa shape index (κ1) is 12.7. The predicted octanol–water partition coefficient (Wildman–Crippen LogP) is 3.50. The fourth-order valence-electron chi connectivity index (χ4n) is 2.19. The molecule has 0 saturated heterocycles. The Kier molecular flexibility index (Phi) is 2.74. The van der Waals surface area contributed by atoms with Crippen LogP contribution in [0.15, 0.2) is 36.5 Å². The lowest BCUT2D eigenvalue weighted by molar-refractivity contribution is 0.590. The van der Waals surface area contributed by atoms with Crippen LogP contribution < -0.4 is 5.73 Å². The molecule has 0 aliphatic heterocycles. The van der Waals surface area contributed by atoms with E-state index in [1.165, 1.54) is 5.56 Å². The van der Waals surface area contributed by atoms with Crippen LogP contribution in [0.4, 0.5) is 5.82 Å². The summed E-state index contributed by atoms with van der Waals surface area (Å²) in [6.45, 7) is 6.62. The number of pyridine rings is 1. The third-order valence-electron chi connectivity index (χ3n) is 3.41. The standard InChI is InChI=1S/C16H18N4/c1-16(2,3)11-6-4-10(5-7-11)15-19-12-8-14(17)18-9-13(12)20-15/h4-9H,1-3H3,(H2,17,18)(H,19,20). The Morgan fingerprint density at radius 3 is 2.45 bits per heavy atom. The number of rotatable bonds is 1. The molecule has 3 N–H and O–H groups in total. The number of nitrogens with one attached hydrogen (secondary N) is 1. The van der Waals surface area contributed by atoms with Gasteiger partial charge in [-0.25, -0.2) is 9.97 Å². The number of fused-ring (bicyclic) bond motifs is 1. The quantitative estimate of drug-likeness (QED) is 0.708. The lowest BCUT2D eigenvalue weighted by atomic mass is 9.87. The molecule has 0 spiro atoms. The third-order valence-corrected chi connectivity index (χ3v) is 3.41. The van der Waals surface area contributed by atoms with Crippen LogP contribution in [0.2, 0.25) is 0 Å². The van der Waals surface area contributed by atoms with E-state index in [0.717, 1.165) is 22.4 Å². The minimum absolute atomic E-state index is 0.158. The third kappa shape index (κ3) is 2.25. The smallest absolute Gasteiger partial charge is 0.138 e. The summed E-state index contributed by atoms with van der Waals surface area (Å²) < 4.78 is 0. The number of H-pyrrole nitrogens is 1. The Hall–Kier alpha value is -2.36. The van der Waals surface area contributed by atoms with Gasteiger partial charge in [0.2, 0.25) is 0 Å². The van der Waals surface area contributed by atoms with Gasteiger partial charge in [-0.3, -0.25) is 0 Å². The number of nitrogens with two attached hydrogens (primary N) is 1. The van der Waals surface area contributed by atoms with Crippen LogP contribution >= 0.6 is 0 Å². The van der Waals surface area contributed by atoms with Gasteiger partial charge in [-0.05, 0) is 11.0 Å². The van der Waals surface area contributed by atoms with Crippen LogP contribution in [-0.4, -0.2) is 15.0 Å². The maximum absolute atomic E-state index is 5.67. The van der Waals surface area contributed by atoms with Crippen molar-refractivity contribution < 1.29 is 0 Å². The van der Waals surface area contributed by atoms with Crippen molar-refractivity contribution >= 4 is 16.9 Å². The summed E-state index contributed by atoms with van der Waals surface area (Å²) in [5.41, 5.74) is 9.94. The van der Waals surface area contributed by atoms with Crippen molar-refractivity contribution in [1.82, 2.24) is 15.0 Å². The average molecular weight is 266 g/mol. The lowest BCUT2D eigenvalue weighted by Crippen LogP contribution is -2.10. The lowest BCUT2D eigenvalue weighted by Gasteiger charge is -2.18. The van der Waals surface area contributed by atoms with Crippen molar-refractivity contribution in [1.29, 1.82) is 0 Å². The second kappa shape index (κ2) is 4.34. The highest BCUT2D eigenvalue weighted by molar-refractivity contribution is 5.80. The molecule has 2 aromatic heterocycles. The zero-order valence-electron chi connectivity index (χ0n) is 11.9. The number of hydrogen-bond donors (Lipinski definition) is 2. The van der Waals surface area contributed by atoms with E-state index in [9.17, 15) is 0 Å². The number of benzene rings is 1. The molecule has 3 rings (SSSR count). The number of imidazole rings is 1. The van der Waals surface area contributed by atoms with Crippen molar-refractivity contribution in [2.45, 2.75) is 26.2 Å². The second-order valence-corrected chi connectivity index (χ2v) is 6.04. The normalized spacial score (nSPS) is 11.9. The van der Waals surface area contributed by atoms with Crippen molar-refractivity contribution in [3.8, 4) is 11.4 Å². The molecule has 2 heterocycles. The van der Waals surface area contributed by atoms with E-state index in [0.29, 0.717) is 5.82 Å². The highest BCUT2D eigenvalue weighted by Crippen LogP contribution is 2.26. The second-order valence-electron chi connectivity index (χ2n) is 6.04. The predicted molar refractivity (Wildman–Crippen MR) is 82.4 cm³/mol. The van der Waals surface area contributed by atoms with E-state index in [2.05, 4.69) is 60.0 Å². The summed E-state index contributed by atoms with van der Waals surface area (Å²) in [5.74, 6) is 1.33. The van der Waals surface area contributed by atoms with Crippen LogP contribution in [0.1, 0.15) is 26.3 Å². The van der Waals surface area contributed by atoms with Gasteiger partial charge in [0.25, 0.3) is 0 Å². The van der Waals surface area contributed by atoms with Gasteiger partial charge in [-0.1, -0.05) is 45.0 Å². The van der Waals surface area contributed by atoms with E-state index in [4.69, 9.17) is 5.73 Å². The van der Waals surface area contributed by atoms with Gasteiger partial charge in [-0.2, -0.15) is 0 Å². The van der Waals surface area contributed by atoms with Gasteiger partial charge < -0.3 is 10.7 Å². The van der Waals surface area contributed by atoms with Gasteiger partial charge in [0.1, 0.15) is 11.6 Å². The number of anilines is 1. The summed E-state index contributed by atoms with van der Waals surface area (Å²) >= 11 is 0. The van der Waals surface area contributed by atoms with Crippen LogP contribution in [0.3, 0.4) is 0 Å². The Morgan fingerprint density at radius 2 is 1.80 bits per heavy atom. The van der Waals surface area contributed by atoms with Gasteiger partial charge >= 0.3 is 0 Å². The molecule has 0 fully saturated rings. The minimum atomic E-state index is 0.158. The Balaban J connectivity index is 2.02. The Morgan fingerprint density at radius 1 is 1.10 bits per heavy atom. The number of nitrogen functional groups attached to an aromatic ring is 1. The van der Waals surface area contributed by atoms with Gasteiger partial charge in [-0.15, -0.1) is 0 Å². The first-order valence-corrected chi connectivity index (χ1v) is 6.66. The molecule has 4 nitrogen and oxygen atoms in total. The molecular formula is C16H18N4. The fourth-order valence-corrected chi connectivity index (χ4v) is 2.19. The minimum Gasteiger partial charge on any atom is -0.384 e. The summed E-state index contributed by atoms with van der Waals surface area (Å²) in [4.78, 5) is 11.9. The summed E-state index contributed by atoms with van der Waals surface area (Å²) in [7, 11) is 0. The molecule has 0 atom stereocenters. The number of aromatic nitrogens is 3. The molecule has 0 aliphatic carbocycles. The molecular weight excluding hydrogens is 248 g/mol. The molecule has 20 heavy (non-hydrogen) atoms. The van der Waals surface area contributed by atoms with Crippen LogP contribution in [0, 0.1) is 0 Å². The topological polar surface area (TPSA) is 67.6 Å². The van der Waals surface area contributed by atoms with Crippen LogP contribution in [-0.2, 0) is 5.41 Å². The molecule has 0 saturated carbocycles. The van der Waals surface area contributed by atoms with Crippen molar-refractivity contribution in [3.05, 3.63) is 42.1 Å². The van der Waals surface area contributed by atoms with Gasteiger partial charge in [0.15, 0.2) is 0 Å². The van der Waals surface area contributed by atoms with Crippen molar-refractivity contribution in [3.63, 3.8) is 0 Å². The highest BCUT2D eigenvalue weighted by atomic mass is 14.9. The average Bonchev–Trinajstić information content (AvgIpc) is 2.80. The molecule has 0 aliphatic rings. The zero-order valence-corrected chi connectivity index (χ0v) is 11.9. The van der Waals surface area contributed by atoms with E-state index < -0.39 is 0 Å². The van der Waals surface area contributed by atoms with Gasteiger partial charge in [0.05, 0.1) is 17.2 Å². The first-order chi connectivity index (χ1) is 9.43. The molecule has 102 valence electrons. The highest BCUT2D eigenvalue weighted by Gasteiger charge is 2.13. The summed E-state index contributed by atoms with van der Waals surface area (Å²) in [6, 6.07) is 10.3. The largest absolute Gasteiger partial charge is 0.384 e. The summed E-state index contributed by atoms with van der Waals surface area (Å²) in [5, 5.41) is 0. The maximum atomic E-state index is 5.67. The van der Waals surface area contributed by atoms with E-state index in [-0.39, 0.29) is 5.41 Å². The monoisotopic (exact) mass is 266 g/mol. The van der Waals surface area contributed by atoms with Crippen LogP contribution in [0.25, 0.3) is 22.4 Å². The number of aromatic amines is 1. The van der Waals surface area contributed by atoms with Crippen molar-refractivity contribution in [2.24, 2.45) is 0 Å². The molecule has 1 aromatic carbocycles. The molecule has 4 heteroatoms. The Bertz CT molecular complexity index is 748. The Labute approximate surface area is 118 Å². The molecule has 0 amide bonds. The molecule has 0 radical (unpaired) electrons. The van der Waals surface area contributed by atoms with E-state index in [1.54, 1.807) is 12.3 Å². The number of hydrogen-bond acceptors (Lipinski definition) is 3. The zero-order chi connectivity index (χ0) is 14.3. The SMILES string of the molecule is CC(C)(C)c1ccc(-c2nc3cc(N)ncc3[nH]2)cc1. The maximum Gasteiger partial charge on any atom is 0.138 e. The molecule has 3 aromatic rings. The summed E-state index contributed by atoms with van der Waals surface area (Å²) in [6.07, 6.45) is 1.71. The van der Waals surface area contributed by atoms with E-state index >= 15 is 0 Å². The number of nitrogens with zero attached hydrogens (tertiary/aromatic N) is 2. The van der Waals surface area contributed by atoms with Crippen molar-refractivity contribution in [2.75, 3.05) is 5.73 Å². The van der Waals surface area contributed by atoms with E-state index in [1.807, 2.05) is 0 Å². The van der Waals surface area contributed by atoms with Crippen LogP contribution in [0.5, 0.6) is 0 Å². The fraction of sp³-hybridized carbons (Fsp3) is 0.250. The molecule has 0 bridgehead atoms.